The number of allylic oxidation sites excluding steroid dienone is 3. The molecule has 1 heterocycles. The van der Waals surface area contributed by atoms with Crippen LogP contribution in [0.4, 0.5) is 0 Å². The Morgan fingerprint density at radius 2 is 2.07 bits per heavy atom. The summed E-state index contributed by atoms with van der Waals surface area (Å²) in [5, 5.41) is 19.7. The van der Waals surface area contributed by atoms with Crippen LogP contribution in [0.5, 0.6) is 5.75 Å². The van der Waals surface area contributed by atoms with Crippen LogP contribution in [0.1, 0.15) is 43.0 Å². The van der Waals surface area contributed by atoms with Crippen LogP contribution in [-0.2, 0) is 0 Å². The number of nitriles is 1. The molecule has 1 saturated carbocycles. The van der Waals surface area contributed by atoms with Gasteiger partial charge in [0, 0.05) is 15.7 Å². The summed E-state index contributed by atoms with van der Waals surface area (Å²) in [6.45, 7) is 3.92. The molecule has 4 heteroatoms. The number of rotatable bonds is 4. The van der Waals surface area contributed by atoms with E-state index in [9.17, 15) is 10.4 Å². The highest BCUT2D eigenvalue weighted by atomic mass is 32.1. The molecular weight excluding hydrogens is 354 g/mol. The molecule has 3 atom stereocenters. The van der Waals surface area contributed by atoms with Gasteiger partial charge >= 0.3 is 0 Å². The zero-order chi connectivity index (χ0) is 19.0. The Kier molecular flexibility index (Phi) is 4.90. The highest BCUT2D eigenvalue weighted by Crippen LogP contribution is 2.47. The lowest BCUT2D eigenvalue weighted by Gasteiger charge is -2.24. The minimum atomic E-state index is -0.284. The van der Waals surface area contributed by atoms with Gasteiger partial charge in [-0.2, -0.15) is 5.26 Å². The predicted molar refractivity (Wildman–Crippen MR) is 109 cm³/mol. The lowest BCUT2D eigenvalue weighted by molar-refractivity contribution is 0.217. The van der Waals surface area contributed by atoms with Crippen LogP contribution in [0.15, 0.2) is 54.1 Å². The van der Waals surface area contributed by atoms with Crippen molar-refractivity contribution < 1.29 is 9.84 Å². The Labute approximate surface area is 164 Å². The Bertz CT molecular complexity index is 948. The van der Waals surface area contributed by atoms with Gasteiger partial charge in [-0.25, -0.2) is 0 Å². The topological polar surface area (TPSA) is 53.2 Å². The number of hydrogen-bond acceptors (Lipinski definition) is 4. The molecule has 27 heavy (non-hydrogen) atoms. The molecule has 0 aliphatic heterocycles. The van der Waals surface area contributed by atoms with Crippen LogP contribution >= 0.6 is 11.3 Å². The maximum absolute atomic E-state index is 10.2. The van der Waals surface area contributed by atoms with Crippen molar-refractivity contribution in [3.05, 3.63) is 64.6 Å². The zero-order valence-corrected chi connectivity index (χ0v) is 16.4. The van der Waals surface area contributed by atoms with E-state index < -0.39 is 0 Å². The first-order chi connectivity index (χ1) is 13.1. The number of thiophene rings is 1. The summed E-state index contributed by atoms with van der Waals surface area (Å²) in [5.41, 5.74) is 2.79. The van der Waals surface area contributed by atoms with Crippen LogP contribution in [-0.4, -0.2) is 17.3 Å². The van der Waals surface area contributed by atoms with Gasteiger partial charge in [0.05, 0.1) is 17.8 Å². The number of nitrogens with zero attached hydrogens (tertiary/aromatic N) is 1. The molecule has 1 fully saturated rings. The summed E-state index contributed by atoms with van der Waals surface area (Å²) in [7, 11) is 0. The Hall–Kier alpha value is -2.35. The van der Waals surface area contributed by atoms with E-state index in [0.717, 1.165) is 23.3 Å². The van der Waals surface area contributed by atoms with Crippen molar-refractivity contribution in [1.82, 2.24) is 0 Å². The molecule has 2 aliphatic rings. The molecule has 1 aromatic heterocycles. The molecule has 0 saturated heterocycles. The first kappa shape index (κ1) is 18.0. The Balaban J connectivity index is 1.61. The van der Waals surface area contributed by atoms with E-state index >= 15 is 0 Å². The second kappa shape index (κ2) is 7.34. The van der Waals surface area contributed by atoms with Gasteiger partial charge in [0.25, 0.3) is 0 Å². The van der Waals surface area contributed by atoms with Crippen molar-refractivity contribution in [1.29, 1.82) is 5.26 Å². The largest absolute Gasteiger partial charge is 0.490 e. The van der Waals surface area contributed by atoms with Crippen molar-refractivity contribution in [2.75, 3.05) is 0 Å². The third kappa shape index (κ3) is 3.45. The van der Waals surface area contributed by atoms with Crippen molar-refractivity contribution in [2.45, 2.75) is 44.8 Å². The van der Waals surface area contributed by atoms with Crippen molar-refractivity contribution >= 4 is 11.3 Å². The molecule has 3 unspecified atom stereocenters. The fraction of sp³-hybridized carbons (Fsp3) is 0.348. The first-order valence-corrected chi connectivity index (χ1v) is 10.3. The zero-order valence-electron chi connectivity index (χ0n) is 15.6. The molecule has 0 bridgehead atoms. The van der Waals surface area contributed by atoms with Gasteiger partial charge in [0.2, 0.25) is 0 Å². The van der Waals surface area contributed by atoms with Gasteiger partial charge in [-0.1, -0.05) is 18.2 Å². The Morgan fingerprint density at radius 1 is 1.22 bits per heavy atom. The number of aliphatic hydroxyl groups is 1. The fourth-order valence-electron chi connectivity index (χ4n) is 4.07. The summed E-state index contributed by atoms with van der Waals surface area (Å²) in [6, 6.07) is 12.4. The normalized spacial score (nSPS) is 23.8. The van der Waals surface area contributed by atoms with Crippen LogP contribution in [0.2, 0.25) is 0 Å². The summed E-state index contributed by atoms with van der Waals surface area (Å²) in [6.07, 6.45) is 8.07. The summed E-state index contributed by atoms with van der Waals surface area (Å²) >= 11 is 1.77. The number of fused-ring (bicyclic) bond motifs is 1. The van der Waals surface area contributed by atoms with E-state index in [4.69, 9.17) is 4.74 Å². The summed E-state index contributed by atoms with van der Waals surface area (Å²) in [5.74, 6) is 1.38. The first-order valence-electron chi connectivity index (χ1n) is 9.44. The van der Waals surface area contributed by atoms with E-state index in [-0.39, 0.29) is 12.2 Å². The van der Waals surface area contributed by atoms with Gasteiger partial charge < -0.3 is 9.84 Å². The SMILES string of the molecule is CC(C)Oc1ccc(-c2ccc(C3C=CC=C4C(O)CCC43)s2)cc1C#N. The molecule has 138 valence electrons. The quantitative estimate of drug-likeness (QED) is 0.773. The standard InChI is InChI=1S/C23H23NO2S/c1-14(2)26-21-9-6-15(12-16(21)13-24)22-10-11-23(27-22)19-5-3-4-18-17(19)7-8-20(18)25/h3-6,9-12,14,17,19-20,25H,7-8H2,1-2H3. The average molecular weight is 378 g/mol. The van der Waals surface area contributed by atoms with E-state index in [1.54, 1.807) is 11.3 Å². The molecule has 0 spiro atoms. The minimum absolute atomic E-state index is 0.0402. The summed E-state index contributed by atoms with van der Waals surface area (Å²) < 4.78 is 5.73. The molecule has 0 radical (unpaired) electrons. The molecule has 3 nitrogen and oxygen atoms in total. The maximum Gasteiger partial charge on any atom is 0.137 e. The minimum Gasteiger partial charge on any atom is -0.490 e. The van der Waals surface area contributed by atoms with Gasteiger partial charge in [0.1, 0.15) is 11.8 Å². The molecule has 2 aromatic rings. The third-order valence-corrected chi connectivity index (χ3v) is 6.54. The third-order valence-electron chi connectivity index (χ3n) is 5.31. The lowest BCUT2D eigenvalue weighted by atomic mass is 9.83. The lowest BCUT2D eigenvalue weighted by Crippen LogP contribution is -2.14. The number of benzene rings is 1. The van der Waals surface area contributed by atoms with Gasteiger partial charge in [-0.3, -0.25) is 0 Å². The van der Waals surface area contributed by atoms with Gasteiger partial charge in [0.15, 0.2) is 0 Å². The van der Waals surface area contributed by atoms with Crippen LogP contribution in [0.25, 0.3) is 10.4 Å². The predicted octanol–water partition coefficient (Wildman–Crippen LogP) is 5.42. The monoisotopic (exact) mass is 377 g/mol. The van der Waals surface area contributed by atoms with E-state index in [1.165, 1.54) is 10.5 Å². The maximum atomic E-state index is 10.2. The van der Waals surface area contributed by atoms with Crippen LogP contribution < -0.4 is 4.74 Å². The average Bonchev–Trinajstić information content (AvgIpc) is 3.29. The molecular formula is C23H23NO2S. The number of ether oxygens (including phenoxy) is 1. The molecule has 4 rings (SSSR count). The van der Waals surface area contributed by atoms with E-state index in [2.05, 4.69) is 36.4 Å². The second-order valence-corrected chi connectivity index (χ2v) is 8.58. The molecule has 1 N–H and O–H groups in total. The second-order valence-electron chi connectivity index (χ2n) is 7.47. The Morgan fingerprint density at radius 3 is 2.85 bits per heavy atom. The van der Waals surface area contributed by atoms with Gasteiger partial charge in [-0.15, -0.1) is 11.3 Å². The van der Waals surface area contributed by atoms with Crippen LogP contribution in [0.3, 0.4) is 0 Å². The van der Waals surface area contributed by atoms with Crippen LogP contribution in [0, 0.1) is 17.2 Å². The van der Waals surface area contributed by atoms with E-state index in [0.29, 0.717) is 23.1 Å². The number of aliphatic hydroxyl groups excluding tert-OH is 1. The van der Waals surface area contributed by atoms with Crippen molar-refractivity contribution in [3.8, 4) is 22.3 Å². The van der Waals surface area contributed by atoms with Crippen molar-refractivity contribution in [2.24, 2.45) is 5.92 Å². The highest BCUT2D eigenvalue weighted by molar-refractivity contribution is 7.15. The molecule has 0 amide bonds. The van der Waals surface area contributed by atoms with Crippen molar-refractivity contribution in [3.63, 3.8) is 0 Å². The number of hydrogen-bond donors (Lipinski definition) is 1. The summed E-state index contributed by atoms with van der Waals surface area (Å²) in [4.78, 5) is 2.47. The smallest absolute Gasteiger partial charge is 0.137 e. The van der Waals surface area contributed by atoms with Gasteiger partial charge in [-0.05, 0) is 74.1 Å². The highest BCUT2D eigenvalue weighted by Gasteiger charge is 2.36. The molecule has 1 aromatic carbocycles. The van der Waals surface area contributed by atoms with E-state index in [1.807, 2.05) is 32.0 Å². The fourth-order valence-corrected chi connectivity index (χ4v) is 5.22. The molecule has 2 aliphatic carbocycles.